The molecule has 0 unspecified atom stereocenters. The van der Waals surface area contributed by atoms with Gasteiger partial charge in [-0.1, -0.05) is 5.16 Å². The van der Waals surface area contributed by atoms with Crippen molar-refractivity contribution in [2.75, 3.05) is 18.0 Å². The monoisotopic (exact) mass is 358 g/mol. The molecule has 0 bridgehead atoms. The summed E-state index contributed by atoms with van der Waals surface area (Å²) in [7, 11) is 0. The Morgan fingerprint density at radius 3 is 2.27 bits per heavy atom. The smallest absolute Gasteiger partial charge is 0.269 e. The molecule has 0 atom stereocenters. The second-order valence-electron chi connectivity index (χ2n) is 6.02. The third-order valence-corrected chi connectivity index (χ3v) is 4.36. The number of hydrogen-bond donors (Lipinski definition) is 2. The van der Waals surface area contributed by atoms with Gasteiger partial charge < -0.3 is 9.42 Å². The van der Waals surface area contributed by atoms with E-state index in [0.29, 0.717) is 17.7 Å². The molecule has 2 rings (SSSR count). The predicted octanol–water partition coefficient (Wildman–Crippen LogP) is 2.53. The highest BCUT2D eigenvalue weighted by atomic mass is 16.5. The number of benzene rings is 1. The van der Waals surface area contributed by atoms with Crippen LogP contribution >= 0.6 is 0 Å². The van der Waals surface area contributed by atoms with Gasteiger partial charge in [0.25, 0.3) is 5.91 Å². The minimum atomic E-state index is -0.346. The summed E-state index contributed by atoms with van der Waals surface area (Å²) < 4.78 is 5.07. The largest absolute Gasteiger partial charge is 0.372 e. The van der Waals surface area contributed by atoms with Gasteiger partial charge in [0.2, 0.25) is 5.91 Å². The van der Waals surface area contributed by atoms with Crippen molar-refractivity contribution in [2.24, 2.45) is 0 Å². The van der Waals surface area contributed by atoms with E-state index in [-0.39, 0.29) is 18.2 Å². The van der Waals surface area contributed by atoms with Gasteiger partial charge in [0.05, 0.1) is 5.69 Å². The Balaban J connectivity index is 1.83. The first kappa shape index (κ1) is 19.5. The molecule has 0 saturated carbocycles. The summed E-state index contributed by atoms with van der Waals surface area (Å²) in [5, 5.41) is 3.86. The average Bonchev–Trinajstić information content (AvgIpc) is 2.97. The van der Waals surface area contributed by atoms with Crippen LogP contribution in [0.5, 0.6) is 0 Å². The molecular formula is C19H26N4O3. The highest BCUT2D eigenvalue weighted by molar-refractivity contribution is 5.95. The van der Waals surface area contributed by atoms with Crippen LogP contribution in [0.2, 0.25) is 0 Å². The van der Waals surface area contributed by atoms with Crippen LogP contribution in [0, 0.1) is 13.8 Å². The van der Waals surface area contributed by atoms with Gasteiger partial charge in [0.1, 0.15) is 5.76 Å². The molecule has 2 N–H and O–H groups in total. The van der Waals surface area contributed by atoms with E-state index in [1.807, 2.05) is 26.0 Å². The van der Waals surface area contributed by atoms with Crippen LogP contribution in [0.4, 0.5) is 5.69 Å². The van der Waals surface area contributed by atoms with Gasteiger partial charge in [-0.15, -0.1) is 0 Å². The van der Waals surface area contributed by atoms with E-state index < -0.39 is 0 Å². The third kappa shape index (κ3) is 4.84. The fourth-order valence-corrected chi connectivity index (χ4v) is 2.77. The van der Waals surface area contributed by atoms with Gasteiger partial charge in [-0.3, -0.25) is 20.4 Å². The van der Waals surface area contributed by atoms with Gasteiger partial charge in [0.15, 0.2) is 0 Å². The number of hydrogen-bond acceptors (Lipinski definition) is 5. The molecule has 0 aliphatic carbocycles. The fourth-order valence-electron chi connectivity index (χ4n) is 2.77. The molecule has 0 aliphatic heterocycles. The topological polar surface area (TPSA) is 87.5 Å². The number of nitrogens with one attached hydrogen (secondary N) is 2. The van der Waals surface area contributed by atoms with Crippen molar-refractivity contribution < 1.29 is 14.1 Å². The summed E-state index contributed by atoms with van der Waals surface area (Å²) in [6.45, 7) is 9.64. The molecule has 0 fully saturated rings. The Hall–Kier alpha value is -2.83. The molecule has 7 heteroatoms. The van der Waals surface area contributed by atoms with Gasteiger partial charge in [-0.2, -0.15) is 0 Å². The zero-order chi connectivity index (χ0) is 19.1. The highest BCUT2D eigenvalue weighted by Gasteiger charge is 2.12. The SMILES string of the molecule is CCN(CC)c1ccc(C(=O)NNC(=O)CCc2c(C)noc2C)cc1. The standard InChI is InChI=1S/C19H26N4O3/c1-5-23(6-2)16-9-7-15(8-10-16)19(25)21-20-18(24)12-11-17-13(3)22-26-14(17)4/h7-10H,5-6,11-12H2,1-4H3,(H,20,24)(H,21,25). The summed E-state index contributed by atoms with van der Waals surface area (Å²) in [6, 6.07) is 7.31. The minimum Gasteiger partial charge on any atom is -0.372 e. The maximum atomic E-state index is 12.1. The van der Waals surface area contributed by atoms with E-state index in [9.17, 15) is 9.59 Å². The lowest BCUT2D eigenvalue weighted by Gasteiger charge is -2.21. The molecule has 1 heterocycles. The maximum Gasteiger partial charge on any atom is 0.269 e. The first-order valence-corrected chi connectivity index (χ1v) is 8.82. The number of carbonyl (C=O) groups excluding carboxylic acids is 2. The molecular weight excluding hydrogens is 332 g/mol. The number of amides is 2. The van der Waals surface area contributed by atoms with Crippen LogP contribution in [-0.4, -0.2) is 30.1 Å². The Morgan fingerprint density at radius 1 is 1.08 bits per heavy atom. The van der Waals surface area contributed by atoms with Crippen LogP contribution in [0.15, 0.2) is 28.8 Å². The van der Waals surface area contributed by atoms with Crippen LogP contribution < -0.4 is 15.8 Å². The molecule has 0 aliphatic rings. The molecule has 0 radical (unpaired) electrons. The normalized spacial score (nSPS) is 10.5. The van der Waals surface area contributed by atoms with Crippen molar-refractivity contribution in [3.05, 3.63) is 46.8 Å². The molecule has 2 aromatic rings. The Kier molecular flexibility index (Phi) is 6.77. The fraction of sp³-hybridized carbons (Fsp3) is 0.421. The van der Waals surface area contributed by atoms with Crippen molar-refractivity contribution in [3.8, 4) is 0 Å². The first-order valence-electron chi connectivity index (χ1n) is 8.82. The highest BCUT2D eigenvalue weighted by Crippen LogP contribution is 2.15. The minimum absolute atomic E-state index is 0.240. The lowest BCUT2D eigenvalue weighted by atomic mass is 10.1. The first-order chi connectivity index (χ1) is 12.5. The number of rotatable bonds is 7. The van der Waals surface area contributed by atoms with E-state index in [2.05, 4.69) is 34.8 Å². The predicted molar refractivity (Wildman–Crippen MR) is 99.9 cm³/mol. The zero-order valence-electron chi connectivity index (χ0n) is 15.8. The molecule has 140 valence electrons. The number of aromatic nitrogens is 1. The Labute approximate surface area is 153 Å². The van der Waals surface area contributed by atoms with E-state index in [0.717, 1.165) is 30.0 Å². The number of aryl methyl sites for hydroxylation is 2. The van der Waals surface area contributed by atoms with E-state index in [1.165, 1.54) is 0 Å². The van der Waals surface area contributed by atoms with Crippen LogP contribution in [0.1, 0.15) is 47.6 Å². The van der Waals surface area contributed by atoms with Crippen molar-refractivity contribution in [1.82, 2.24) is 16.0 Å². The summed E-state index contributed by atoms with van der Waals surface area (Å²) >= 11 is 0. The zero-order valence-corrected chi connectivity index (χ0v) is 15.8. The number of hydrazine groups is 1. The van der Waals surface area contributed by atoms with E-state index in [4.69, 9.17) is 4.52 Å². The van der Waals surface area contributed by atoms with Crippen molar-refractivity contribution in [1.29, 1.82) is 0 Å². The Morgan fingerprint density at radius 2 is 1.73 bits per heavy atom. The second-order valence-corrected chi connectivity index (χ2v) is 6.02. The number of anilines is 1. The third-order valence-electron chi connectivity index (χ3n) is 4.36. The average molecular weight is 358 g/mol. The summed E-state index contributed by atoms with van der Waals surface area (Å²) in [4.78, 5) is 26.3. The molecule has 1 aromatic carbocycles. The number of carbonyl (C=O) groups is 2. The van der Waals surface area contributed by atoms with E-state index >= 15 is 0 Å². The van der Waals surface area contributed by atoms with Crippen molar-refractivity contribution in [2.45, 2.75) is 40.5 Å². The lowest BCUT2D eigenvalue weighted by molar-refractivity contribution is -0.121. The molecule has 2 amide bonds. The molecule has 7 nitrogen and oxygen atoms in total. The van der Waals surface area contributed by atoms with E-state index in [1.54, 1.807) is 12.1 Å². The van der Waals surface area contributed by atoms with Gasteiger partial charge >= 0.3 is 0 Å². The van der Waals surface area contributed by atoms with Crippen LogP contribution in [0.25, 0.3) is 0 Å². The molecule has 0 saturated heterocycles. The van der Waals surface area contributed by atoms with Gasteiger partial charge in [-0.25, -0.2) is 0 Å². The summed E-state index contributed by atoms with van der Waals surface area (Å²) in [5.41, 5.74) is 8.16. The summed E-state index contributed by atoms with van der Waals surface area (Å²) in [6.07, 6.45) is 0.755. The molecule has 1 aromatic heterocycles. The molecule has 0 spiro atoms. The van der Waals surface area contributed by atoms with Crippen molar-refractivity contribution in [3.63, 3.8) is 0 Å². The second kappa shape index (κ2) is 9.03. The quantitative estimate of drug-likeness (QED) is 0.743. The van der Waals surface area contributed by atoms with Gasteiger partial charge in [-0.05, 0) is 58.4 Å². The lowest BCUT2D eigenvalue weighted by Crippen LogP contribution is -2.41. The molecule has 26 heavy (non-hydrogen) atoms. The van der Waals surface area contributed by atoms with Crippen LogP contribution in [0.3, 0.4) is 0 Å². The number of nitrogens with zero attached hydrogens (tertiary/aromatic N) is 2. The maximum absolute atomic E-state index is 12.1. The van der Waals surface area contributed by atoms with Gasteiger partial charge in [0, 0.05) is 36.3 Å². The van der Waals surface area contributed by atoms with Crippen LogP contribution in [-0.2, 0) is 11.2 Å². The Bertz CT molecular complexity index is 729. The van der Waals surface area contributed by atoms with Crippen molar-refractivity contribution >= 4 is 17.5 Å². The summed E-state index contributed by atoms with van der Waals surface area (Å²) in [5.74, 6) is 0.104.